The van der Waals surface area contributed by atoms with Crippen molar-refractivity contribution in [3.63, 3.8) is 0 Å². The van der Waals surface area contributed by atoms with Crippen LogP contribution in [-0.2, 0) is 13.5 Å². The largest absolute Gasteiger partial charge is 0.354 e. The fourth-order valence-corrected chi connectivity index (χ4v) is 2.09. The normalized spacial score (nSPS) is 10.6. The Bertz CT molecular complexity index is 580. The molecule has 108 valence electrons. The standard InChI is InChI=1S/C13H19BrN6/c1-4-6-15-13-16-7-9(14)12(18-13)17-11-8-20(3)19-10(11)5-2/h7-8H,4-6H2,1-3H3,(H2,15,16,17,18). The lowest BCUT2D eigenvalue weighted by Crippen LogP contribution is -2.06. The van der Waals surface area contributed by atoms with E-state index >= 15 is 0 Å². The Labute approximate surface area is 127 Å². The summed E-state index contributed by atoms with van der Waals surface area (Å²) in [5, 5.41) is 10.9. The fourth-order valence-electron chi connectivity index (χ4n) is 1.80. The highest BCUT2D eigenvalue weighted by Crippen LogP contribution is 2.25. The Hall–Kier alpha value is -1.63. The van der Waals surface area contributed by atoms with Crippen molar-refractivity contribution in [3.8, 4) is 0 Å². The molecule has 2 heterocycles. The quantitative estimate of drug-likeness (QED) is 0.846. The number of halogens is 1. The number of aromatic nitrogens is 4. The molecule has 0 fully saturated rings. The summed E-state index contributed by atoms with van der Waals surface area (Å²) in [6, 6.07) is 0. The first-order valence-electron chi connectivity index (χ1n) is 6.70. The van der Waals surface area contributed by atoms with Crippen LogP contribution < -0.4 is 10.6 Å². The van der Waals surface area contributed by atoms with Gasteiger partial charge in [-0.15, -0.1) is 0 Å². The zero-order chi connectivity index (χ0) is 14.5. The predicted molar refractivity (Wildman–Crippen MR) is 84.4 cm³/mol. The first-order valence-corrected chi connectivity index (χ1v) is 7.49. The van der Waals surface area contributed by atoms with Crippen LogP contribution in [0.2, 0.25) is 0 Å². The lowest BCUT2D eigenvalue weighted by atomic mass is 10.3. The average molecular weight is 339 g/mol. The van der Waals surface area contributed by atoms with Gasteiger partial charge in [0.2, 0.25) is 5.95 Å². The number of aryl methyl sites for hydroxylation is 2. The number of nitrogens with zero attached hydrogens (tertiary/aromatic N) is 4. The maximum Gasteiger partial charge on any atom is 0.224 e. The van der Waals surface area contributed by atoms with E-state index in [0.29, 0.717) is 5.95 Å². The van der Waals surface area contributed by atoms with Gasteiger partial charge in [0.05, 0.1) is 15.9 Å². The molecule has 0 aromatic carbocycles. The molecular formula is C13H19BrN6. The second-order valence-electron chi connectivity index (χ2n) is 4.46. The van der Waals surface area contributed by atoms with Crippen LogP contribution in [0.5, 0.6) is 0 Å². The first-order chi connectivity index (χ1) is 9.63. The van der Waals surface area contributed by atoms with Crippen LogP contribution in [0.1, 0.15) is 26.0 Å². The minimum atomic E-state index is 0.625. The van der Waals surface area contributed by atoms with Crippen molar-refractivity contribution < 1.29 is 0 Å². The molecule has 0 aliphatic carbocycles. The van der Waals surface area contributed by atoms with Gasteiger partial charge in [-0.3, -0.25) is 4.68 Å². The van der Waals surface area contributed by atoms with Crippen LogP contribution in [0.3, 0.4) is 0 Å². The second kappa shape index (κ2) is 6.69. The van der Waals surface area contributed by atoms with Crippen LogP contribution in [0.15, 0.2) is 16.9 Å². The molecule has 0 bridgehead atoms. The molecule has 2 N–H and O–H groups in total. The van der Waals surface area contributed by atoms with Gasteiger partial charge in [0, 0.05) is 26.0 Å². The van der Waals surface area contributed by atoms with Crippen molar-refractivity contribution in [2.24, 2.45) is 7.05 Å². The molecule has 0 aliphatic rings. The predicted octanol–water partition coefficient (Wildman–Crippen LogP) is 3.10. The minimum absolute atomic E-state index is 0.625. The monoisotopic (exact) mass is 338 g/mol. The van der Waals surface area contributed by atoms with Crippen molar-refractivity contribution in [1.82, 2.24) is 19.7 Å². The van der Waals surface area contributed by atoms with Crippen LogP contribution in [0, 0.1) is 0 Å². The van der Waals surface area contributed by atoms with Gasteiger partial charge in [0.25, 0.3) is 0 Å². The third kappa shape index (κ3) is 3.47. The van der Waals surface area contributed by atoms with Crippen molar-refractivity contribution in [1.29, 1.82) is 0 Å². The van der Waals surface area contributed by atoms with Gasteiger partial charge < -0.3 is 10.6 Å². The van der Waals surface area contributed by atoms with Crippen molar-refractivity contribution in [3.05, 3.63) is 22.6 Å². The number of hydrogen-bond acceptors (Lipinski definition) is 5. The molecule has 2 rings (SSSR count). The van der Waals surface area contributed by atoms with Gasteiger partial charge in [-0.1, -0.05) is 13.8 Å². The summed E-state index contributed by atoms with van der Waals surface area (Å²) in [7, 11) is 1.91. The Kier molecular flexibility index (Phi) is 4.94. The molecule has 0 amide bonds. The highest BCUT2D eigenvalue weighted by Gasteiger charge is 2.10. The van der Waals surface area contributed by atoms with Gasteiger partial charge >= 0.3 is 0 Å². The summed E-state index contributed by atoms with van der Waals surface area (Å²) in [6.45, 7) is 5.04. The minimum Gasteiger partial charge on any atom is -0.354 e. The molecule has 0 saturated carbocycles. The summed E-state index contributed by atoms with van der Waals surface area (Å²) in [5.74, 6) is 1.36. The molecule has 7 heteroatoms. The van der Waals surface area contributed by atoms with E-state index in [2.05, 4.69) is 55.5 Å². The maximum atomic E-state index is 4.47. The molecular weight excluding hydrogens is 320 g/mol. The summed E-state index contributed by atoms with van der Waals surface area (Å²) in [5.41, 5.74) is 1.98. The van der Waals surface area contributed by atoms with Crippen LogP contribution in [0.4, 0.5) is 17.5 Å². The molecule has 0 saturated heterocycles. The van der Waals surface area contributed by atoms with E-state index in [-0.39, 0.29) is 0 Å². The Morgan fingerprint density at radius 1 is 1.35 bits per heavy atom. The van der Waals surface area contributed by atoms with Gasteiger partial charge in [-0.05, 0) is 28.8 Å². The molecule has 2 aromatic heterocycles. The number of anilines is 3. The Morgan fingerprint density at radius 2 is 2.15 bits per heavy atom. The maximum absolute atomic E-state index is 4.47. The highest BCUT2D eigenvalue weighted by atomic mass is 79.9. The molecule has 6 nitrogen and oxygen atoms in total. The Balaban J connectivity index is 2.23. The summed E-state index contributed by atoms with van der Waals surface area (Å²) in [4.78, 5) is 8.71. The average Bonchev–Trinajstić information content (AvgIpc) is 2.79. The molecule has 0 aliphatic heterocycles. The van der Waals surface area contributed by atoms with Gasteiger partial charge in [0.15, 0.2) is 0 Å². The topological polar surface area (TPSA) is 67.7 Å². The van der Waals surface area contributed by atoms with E-state index in [1.807, 2.05) is 13.2 Å². The van der Waals surface area contributed by atoms with Crippen LogP contribution in [-0.4, -0.2) is 26.3 Å². The van der Waals surface area contributed by atoms with Crippen LogP contribution >= 0.6 is 15.9 Å². The second-order valence-corrected chi connectivity index (χ2v) is 5.31. The number of rotatable bonds is 6. The molecule has 0 atom stereocenters. The van der Waals surface area contributed by atoms with Crippen molar-refractivity contribution in [2.75, 3.05) is 17.2 Å². The van der Waals surface area contributed by atoms with Crippen molar-refractivity contribution >= 4 is 33.4 Å². The van der Waals surface area contributed by atoms with Crippen LogP contribution in [0.25, 0.3) is 0 Å². The van der Waals surface area contributed by atoms with E-state index < -0.39 is 0 Å². The van der Waals surface area contributed by atoms with Gasteiger partial charge in [-0.2, -0.15) is 10.1 Å². The summed E-state index contributed by atoms with van der Waals surface area (Å²) in [6.07, 6.45) is 5.60. The lowest BCUT2D eigenvalue weighted by molar-refractivity contribution is 0.746. The molecule has 2 aromatic rings. The third-order valence-corrected chi connectivity index (χ3v) is 3.35. The van der Waals surface area contributed by atoms with E-state index in [1.165, 1.54) is 0 Å². The lowest BCUT2D eigenvalue weighted by Gasteiger charge is -2.09. The van der Waals surface area contributed by atoms with Gasteiger partial charge in [0.1, 0.15) is 5.82 Å². The molecule has 0 radical (unpaired) electrons. The van der Waals surface area contributed by atoms with Crippen molar-refractivity contribution in [2.45, 2.75) is 26.7 Å². The van der Waals surface area contributed by atoms with Gasteiger partial charge in [-0.25, -0.2) is 4.98 Å². The van der Waals surface area contributed by atoms with E-state index in [1.54, 1.807) is 10.9 Å². The Morgan fingerprint density at radius 3 is 2.85 bits per heavy atom. The zero-order valence-electron chi connectivity index (χ0n) is 11.9. The number of nitrogens with one attached hydrogen (secondary N) is 2. The summed E-state index contributed by atoms with van der Waals surface area (Å²) >= 11 is 3.47. The fraction of sp³-hybridized carbons (Fsp3) is 0.462. The summed E-state index contributed by atoms with van der Waals surface area (Å²) < 4.78 is 2.62. The smallest absolute Gasteiger partial charge is 0.224 e. The SMILES string of the molecule is CCCNc1ncc(Br)c(Nc2cn(C)nc2CC)n1. The molecule has 0 unspecified atom stereocenters. The third-order valence-electron chi connectivity index (χ3n) is 2.77. The van der Waals surface area contributed by atoms with E-state index in [0.717, 1.165) is 41.1 Å². The van der Waals surface area contributed by atoms with E-state index in [4.69, 9.17) is 0 Å². The zero-order valence-corrected chi connectivity index (χ0v) is 13.5. The first kappa shape index (κ1) is 14.8. The molecule has 20 heavy (non-hydrogen) atoms. The highest BCUT2D eigenvalue weighted by molar-refractivity contribution is 9.10. The molecule has 0 spiro atoms. The van der Waals surface area contributed by atoms with E-state index in [9.17, 15) is 0 Å². The number of hydrogen-bond donors (Lipinski definition) is 2.